The minimum atomic E-state index is -0.580. The van der Waals surface area contributed by atoms with Crippen molar-refractivity contribution in [1.82, 2.24) is 14.9 Å². The Hall–Kier alpha value is -2.37. The predicted molar refractivity (Wildman–Crippen MR) is 106 cm³/mol. The molecule has 150 valence electrons. The fourth-order valence-corrected chi connectivity index (χ4v) is 3.16. The molecule has 0 atom stereocenters. The maximum Gasteiger partial charge on any atom is 0.353 e. The Morgan fingerprint density at radius 2 is 2.04 bits per heavy atom. The fraction of sp³-hybridized carbons (Fsp3) is 0.412. The lowest BCUT2D eigenvalue weighted by Crippen LogP contribution is -2.37. The molecule has 0 radical (unpaired) electrons. The van der Waals surface area contributed by atoms with Gasteiger partial charge in [-0.05, 0) is 31.2 Å². The number of hydrogen-bond acceptors (Lipinski definition) is 8. The van der Waals surface area contributed by atoms with E-state index in [9.17, 15) is 14.5 Å². The van der Waals surface area contributed by atoms with Crippen LogP contribution in [0.2, 0.25) is 0 Å². The van der Waals surface area contributed by atoms with E-state index in [1.54, 1.807) is 6.07 Å². The molecule has 9 nitrogen and oxygen atoms in total. The lowest BCUT2D eigenvalue weighted by Gasteiger charge is -2.26. The van der Waals surface area contributed by atoms with Crippen molar-refractivity contribution in [2.24, 2.45) is 0 Å². The first kappa shape index (κ1) is 20.4. The molecule has 2 heterocycles. The van der Waals surface area contributed by atoms with E-state index < -0.39 is 10.7 Å². The molecule has 1 fully saturated rings. The van der Waals surface area contributed by atoms with E-state index in [-0.39, 0.29) is 23.0 Å². The molecule has 0 unspecified atom stereocenters. The Kier molecular flexibility index (Phi) is 7.06. The highest BCUT2D eigenvalue weighted by Crippen LogP contribution is 2.32. The lowest BCUT2D eigenvalue weighted by molar-refractivity contribution is -0.383. The largest absolute Gasteiger partial charge is 0.379 e. The summed E-state index contributed by atoms with van der Waals surface area (Å²) in [5.41, 5.74) is -0.237. The second-order valence-electron chi connectivity index (χ2n) is 6.16. The SMILES string of the molecule is O=[N+]([O-])c1c(NCCCN2CCOCC2)ncnc1Nc1ccc(Br)cc1F. The molecule has 1 aromatic carbocycles. The molecule has 1 aliphatic rings. The van der Waals surface area contributed by atoms with Crippen LogP contribution in [0.25, 0.3) is 0 Å². The van der Waals surface area contributed by atoms with E-state index in [0.717, 1.165) is 39.3 Å². The Labute approximate surface area is 169 Å². The minimum absolute atomic E-state index is 0.0723. The molecule has 0 saturated carbocycles. The second kappa shape index (κ2) is 9.71. The number of benzene rings is 1. The number of aromatic nitrogens is 2. The quantitative estimate of drug-likeness (QED) is 0.355. The zero-order valence-electron chi connectivity index (χ0n) is 15.0. The van der Waals surface area contributed by atoms with Gasteiger partial charge in [0.2, 0.25) is 11.6 Å². The summed E-state index contributed by atoms with van der Waals surface area (Å²) in [4.78, 5) is 21.2. The van der Waals surface area contributed by atoms with Gasteiger partial charge in [0.25, 0.3) is 0 Å². The Morgan fingerprint density at radius 3 is 2.75 bits per heavy atom. The van der Waals surface area contributed by atoms with Crippen LogP contribution in [0, 0.1) is 15.9 Å². The Bertz CT molecular complexity index is 835. The van der Waals surface area contributed by atoms with Gasteiger partial charge < -0.3 is 15.4 Å². The van der Waals surface area contributed by atoms with Crippen LogP contribution in [0.15, 0.2) is 29.0 Å². The summed E-state index contributed by atoms with van der Waals surface area (Å²) in [6, 6.07) is 4.37. The zero-order valence-corrected chi connectivity index (χ0v) is 16.6. The third-order valence-corrected chi connectivity index (χ3v) is 4.73. The summed E-state index contributed by atoms with van der Waals surface area (Å²) in [7, 11) is 0. The van der Waals surface area contributed by atoms with Crippen molar-refractivity contribution in [3.63, 3.8) is 0 Å². The maximum absolute atomic E-state index is 14.1. The number of hydrogen-bond donors (Lipinski definition) is 2. The third kappa shape index (κ3) is 5.33. The predicted octanol–water partition coefficient (Wildman–Crippen LogP) is 3.16. The minimum Gasteiger partial charge on any atom is -0.379 e. The standard InChI is InChI=1S/C17H20BrFN6O3/c18-12-2-3-14(13(19)10-12)23-17-15(25(26)27)16(21-11-22-17)20-4-1-5-24-6-8-28-9-7-24/h2-3,10-11H,1,4-9H2,(H2,20,21,22,23). The number of anilines is 3. The van der Waals surface area contributed by atoms with Crippen LogP contribution in [0.1, 0.15) is 6.42 Å². The molecular formula is C17H20BrFN6O3. The number of nitrogens with zero attached hydrogens (tertiary/aromatic N) is 4. The molecule has 1 aromatic heterocycles. The topological polar surface area (TPSA) is 105 Å². The summed E-state index contributed by atoms with van der Waals surface area (Å²) in [5, 5.41) is 17.2. The first-order valence-corrected chi connectivity index (χ1v) is 9.59. The Morgan fingerprint density at radius 1 is 1.29 bits per heavy atom. The fourth-order valence-electron chi connectivity index (χ4n) is 2.83. The molecule has 0 aliphatic carbocycles. The van der Waals surface area contributed by atoms with Crippen molar-refractivity contribution in [3.8, 4) is 0 Å². The number of halogens is 2. The third-order valence-electron chi connectivity index (χ3n) is 4.24. The van der Waals surface area contributed by atoms with Gasteiger partial charge in [0.05, 0.1) is 23.8 Å². The molecule has 1 saturated heterocycles. The summed E-state index contributed by atoms with van der Waals surface area (Å²) >= 11 is 3.17. The molecule has 2 N–H and O–H groups in total. The number of rotatable bonds is 8. The van der Waals surface area contributed by atoms with Gasteiger partial charge in [-0.15, -0.1) is 0 Å². The lowest BCUT2D eigenvalue weighted by atomic mass is 10.3. The molecular weight excluding hydrogens is 435 g/mol. The van der Waals surface area contributed by atoms with E-state index in [4.69, 9.17) is 4.74 Å². The molecule has 0 amide bonds. The Balaban J connectivity index is 1.67. The summed E-state index contributed by atoms with van der Waals surface area (Å²) in [5.74, 6) is -0.527. The molecule has 2 aromatic rings. The monoisotopic (exact) mass is 454 g/mol. The van der Waals surface area contributed by atoms with Crippen LogP contribution in [-0.4, -0.2) is 59.2 Å². The zero-order chi connectivity index (χ0) is 19.9. The molecule has 28 heavy (non-hydrogen) atoms. The van der Waals surface area contributed by atoms with Gasteiger partial charge in [0, 0.05) is 24.1 Å². The first-order valence-electron chi connectivity index (χ1n) is 8.80. The summed E-state index contributed by atoms with van der Waals surface area (Å²) < 4.78 is 19.9. The van der Waals surface area contributed by atoms with Gasteiger partial charge in [-0.2, -0.15) is 0 Å². The van der Waals surface area contributed by atoms with Crippen molar-refractivity contribution < 1.29 is 14.1 Å². The van der Waals surface area contributed by atoms with Crippen LogP contribution in [0.5, 0.6) is 0 Å². The van der Waals surface area contributed by atoms with Crippen LogP contribution < -0.4 is 10.6 Å². The summed E-state index contributed by atoms with van der Waals surface area (Å²) in [6.07, 6.45) is 2.00. The smallest absolute Gasteiger partial charge is 0.353 e. The maximum atomic E-state index is 14.1. The van der Waals surface area contributed by atoms with Crippen molar-refractivity contribution in [1.29, 1.82) is 0 Å². The molecule has 3 rings (SSSR count). The van der Waals surface area contributed by atoms with E-state index in [1.165, 1.54) is 18.5 Å². The number of ether oxygens (including phenoxy) is 1. The normalized spacial score (nSPS) is 14.6. The van der Waals surface area contributed by atoms with Gasteiger partial charge in [-0.25, -0.2) is 14.4 Å². The first-order chi connectivity index (χ1) is 13.5. The number of nitro groups is 1. The van der Waals surface area contributed by atoms with Crippen molar-refractivity contribution in [2.75, 3.05) is 50.0 Å². The van der Waals surface area contributed by atoms with E-state index in [1.807, 2.05) is 0 Å². The van der Waals surface area contributed by atoms with Crippen LogP contribution >= 0.6 is 15.9 Å². The van der Waals surface area contributed by atoms with Crippen molar-refractivity contribution in [2.45, 2.75) is 6.42 Å². The van der Waals surface area contributed by atoms with Gasteiger partial charge >= 0.3 is 5.69 Å². The van der Waals surface area contributed by atoms with Crippen molar-refractivity contribution in [3.05, 3.63) is 44.9 Å². The molecule has 1 aliphatic heterocycles. The van der Waals surface area contributed by atoms with E-state index in [0.29, 0.717) is 11.0 Å². The number of morpholine rings is 1. The van der Waals surface area contributed by atoms with Crippen LogP contribution in [0.4, 0.5) is 27.4 Å². The number of nitrogens with one attached hydrogen (secondary N) is 2. The van der Waals surface area contributed by atoms with Gasteiger partial charge in [-0.3, -0.25) is 15.0 Å². The van der Waals surface area contributed by atoms with E-state index in [2.05, 4.69) is 41.4 Å². The van der Waals surface area contributed by atoms with Gasteiger partial charge in [0.1, 0.15) is 12.1 Å². The summed E-state index contributed by atoms with van der Waals surface area (Å²) in [6.45, 7) is 4.62. The van der Waals surface area contributed by atoms with Gasteiger partial charge in [-0.1, -0.05) is 15.9 Å². The average molecular weight is 455 g/mol. The highest BCUT2D eigenvalue weighted by atomic mass is 79.9. The van der Waals surface area contributed by atoms with Crippen LogP contribution in [0.3, 0.4) is 0 Å². The van der Waals surface area contributed by atoms with Crippen molar-refractivity contribution >= 4 is 38.9 Å². The highest BCUT2D eigenvalue weighted by molar-refractivity contribution is 9.10. The average Bonchev–Trinajstić information content (AvgIpc) is 2.68. The van der Waals surface area contributed by atoms with E-state index >= 15 is 0 Å². The molecule has 11 heteroatoms. The molecule has 0 bridgehead atoms. The molecule has 0 spiro atoms. The van der Waals surface area contributed by atoms with Crippen LogP contribution in [-0.2, 0) is 4.74 Å². The second-order valence-corrected chi connectivity index (χ2v) is 7.08. The van der Waals surface area contributed by atoms with Gasteiger partial charge in [0.15, 0.2) is 0 Å². The highest BCUT2D eigenvalue weighted by Gasteiger charge is 2.23.